The highest BCUT2D eigenvalue weighted by Gasteiger charge is 2.12. The van der Waals surface area contributed by atoms with E-state index in [-0.39, 0.29) is 0 Å². The standard InChI is InChI=1S/C15H11Cl2N3OS/c1-21-11-5-2-9(3-6-11)14-18-19-15(22)20(14)10-4-7-12(16)13(17)8-10/h2-8H,1H3,(H,19,22). The van der Waals surface area contributed by atoms with Crippen LogP contribution in [0, 0.1) is 4.77 Å². The minimum absolute atomic E-state index is 0.461. The molecule has 0 spiro atoms. The van der Waals surface area contributed by atoms with Gasteiger partial charge in [-0.15, -0.1) is 0 Å². The molecule has 3 rings (SSSR count). The number of hydrogen-bond donors (Lipinski definition) is 1. The second-order valence-electron chi connectivity index (χ2n) is 4.51. The van der Waals surface area contributed by atoms with E-state index >= 15 is 0 Å². The molecule has 7 heteroatoms. The van der Waals surface area contributed by atoms with Crippen molar-refractivity contribution < 1.29 is 4.74 Å². The Morgan fingerprint density at radius 2 is 1.82 bits per heavy atom. The van der Waals surface area contributed by atoms with Gasteiger partial charge in [0.25, 0.3) is 0 Å². The van der Waals surface area contributed by atoms with Gasteiger partial charge in [0.05, 0.1) is 22.8 Å². The molecular weight excluding hydrogens is 341 g/mol. The van der Waals surface area contributed by atoms with Gasteiger partial charge in [0.2, 0.25) is 0 Å². The second-order valence-corrected chi connectivity index (χ2v) is 5.72. The second kappa shape index (κ2) is 6.12. The van der Waals surface area contributed by atoms with Crippen LogP contribution in [0.4, 0.5) is 0 Å². The zero-order valence-electron chi connectivity index (χ0n) is 11.5. The summed E-state index contributed by atoms with van der Waals surface area (Å²) in [6, 6.07) is 12.9. The van der Waals surface area contributed by atoms with E-state index in [0.29, 0.717) is 20.6 Å². The van der Waals surface area contributed by atoms with Crippen molar-refractivity contribution in [1.82, 2.24) is 14.8 Å². The Morgan fingerprint density at radius 1 is 1.09 bits per heavy atom. The molecule has 2 aromatic carbocycles. The number of benzene rings is 2. The predicted octanol–water partition coefficient (Wildman–Crippen LogP) is 4.91. The molecule has 0 fully saturated rings. The van der Waals surface area contributed by atoms with E-state index < -0.39 is 0 Å². The van der Waals surface area contributed by atoms with E-state index in [1.54, 1.807) is 23.8 Å². The Kier molecular flexibility index (Phi) is 4.20. The number of hydrogen-bond acceptors (Lipinski definition) is 3. The lowest BCUT2D eigenvalue weighted by Gasteiger charge is -2.08. The summed E-state index contributed by atoms with van der Waals surface area (Å²) in [6.45, 7) is 0. The molecule has 0 saturated carbocycles. The Morgan fingerprint density at radius 3 is 2.45 bits per heavy atom. The third kappa shape index (κ3) is 2.75. The highest BCUT2D eigenvalue weighted by Crippen LogP contribution is 2.28. The maximum absolute atomic E-state index is 6.09. The van der Waals surface area contributed by atoms with Crippen molar-refractivity contribution in [3.05, 3.63) is 57.3 Å². The Hall–Kier alpha value is -1.82. The number of halogens is 2. The minimum atomic E-state index is 0.461. The van der Waals surface area contributed by atoms with Crippen molar-refractivity contribution in [3.63, 3.8) is 0 Å². The van der Waals surface area contributed by atoms with Gasteiger partial charge >= 0.3 is 0 Å². The summed E-state index contributed by atoms with van der Waals surface area (Å²) in [5, 5.41) is 8.06. The monoisotopic (exact) mass is 351 g/mol. The van der Waals surface area contributed by atoms with Crippen LogP contribution in [0.1, 0.15) is 0 Å². The maximum Gasteiger partial charge on any atom is 0.200 e. The van der Waals surface area contributed by atoms with E-state index in [0.717, 1.165) is 17.0 Å². The van der Waals surface area contributed by atoms with Gasteiger partial charge in [-0.1, -0.05) is 23.2 Å². The first-order valence-electron chi connectivity index (χ1n) is 6.37. The summed E-state index contributed by atoms with van der Waals surface area (Å²) < 4.78 is 7.45. The molecule has 4 nitrogen and oxygen atoms in total. The lowest BCUT2D eigenvalue weighted by Crippen LogP contribution is -1.98. The number of nitrogens with one attached hydrogen (secondary N) is 1. The van der Waals surface area contributed by atoms with Crippen molar-refractivity contribution in [2.24, 2.45) is 0 Å². The SMILES string of the molecule is COc1ccc(-c2n[nH]c(=S)n2-c2ccc(Cl)c(Cl)c2)cc1. The molecule has 0 aliphatic rings. The van der Waals surface area contributed by atoms with Gasteiger partial charge in [0, 0.05) is 5.56 Å². The van der Waals surface area contributed by atoms with Crippen molar-refractivity contribution in [3.8, 4) is 22.8 Å². The summed E-state index contributed by atoms with van der Waals surface area (Å²) in [6.07, 6.45) is 0. The molecule has 112 valence electrons. The average Bonchev–Trinajstić information content (AvgIpc) is 2.92. The number of aromatic amines is 1. The van der Waals surface area contributed by atoms with Crippen LogP contribution in [0.5, 0.6) is 5.75 Å². The van der Waals surface area contributed by atoms with E-state index in [9.17, 15) is 0 Å². The normalized spacial score (nSPS) is 10.7. The molecule has 0 amide bonds. The van der Waals surface area contributed by atoms with Crippen LogP contribution < -0.4 is 4.74 Å². The Balaban J connectivity index is 2.14. The third-order valence-electron chi connectivity index (χ3n) is 3.18. The van der Waals surface area contributed by atoms with Crippen molar-refractivity contribution in [2.75, 3.05) is 7.11 Å². The molecular formula is C15H11Cl2N3OS. The number of nitrogens with zero attached hydrogens (tertiary/aromatic N) is 2. The fourth-order valence-electron chi connectivity index (χ4n) is 2.09. The minimum Gasteiger partial charge on any atom is -0.497 e. The topological polar surface area (TPSA) is 42.8 Å². The predicted molar refractivity (Wildman–Crippen MR) is 90.8 cm³/mol. The zero-order valence-corrected chi connectivity index (χ0v) is 13.8. The van der Waals surface area contributed by atoms with E-state index in [1.807, 2.05) is 30.3 Å². The quantitative estimate of drug-likeness (QED) is 0.681. The molecule has 22 heavy (non-hydrogen) atoms. The molecule has 1 N–H and O–H groups in total. The van der Waals surface area contributed by atoms with Gasteiger partial charge in [0.1, 0.15) is 5.75 Å². The molecule has 0 saturated heterocycles. The van der Waals surface area contributed by atoms with Crippen molar-refractivity contribution in [1.29, 1.82) is 0 Å². The van der Waals surface area contributed by atoms with Crippen LogP contribution in [0.2, 0.25) is 10.0 Å². The lowest BCUT2D eigenvalue weighted by atomic mass is 10.2. The van der Waals surface area contributed by atoms with Gasteiger partial charge in [-0.05, 0) is 54.7 Å². The molecule has 0 bridgehead atoms. The summed E-state index contributed by atoms with van der Waals surface area (Å²) >= 11 is 17.4. The number of H-pyrrole nitrogens is 1. The summed E-state index contributed by atoms with van der Waals surface area (Å²) in [7, 11) is 1.63. The zero-order chi connectivity index (χ0) is 15.7. The maximum atomic E-state index is 6.09. The van der Waals surface area contributed by atoms with Crippen molar-refractivity contribution in [2.45, 2.75) is 0 Å². The molecule has 0 aliphatic carbocycles. The molecule has 0 unspecified atom stereocenters. The van der Waals surface area contributed by atoms with Gasteiger partial charge in [-0.2, -0.15) is 5.10 Å². The number of methoxy groups -OCH3 is 1. The molecule has 3 aromatic rings. The molecule has 1 aromatic heterocycles. The number of rotatable bonds is 3. The van der Waals surface area contributed by atoms with Crippen LogP contribution in [0.25, 0.3) is 17.1 Å². The van der Waals surface area contributed by atoms with E-state index in [4.69, 9.17) is 40.2 Å². The Labute approximate surface area is 142 Å². The van der Waals surface area contributed by atoms with Gasteiger partial charge in [-0.3, -0.25) is 9.67 Å². The summed E-state index contributed by atoms with van der Waals surface area (Å²) in [5.74, 6) is 1.46. The summed E-state index contributed by atoms with van der Waals surface area (Å²) in [4.78, 5) is 0. The highest BCUT2D eigenvalue weighted by atomic mass is 35.5. The van der Waals surface area contributed by atoms with Crippen LogP contribution in [-0.2, 0) is 0 Å². The molecule has 0 radical (unpaired) electrons. The molecule has 1 heterocycles. The first kappa shape index (κ1) is 15.1. The summed E-state index contributed by atoms with van der Waals surface area (Å²) in [5.41, 5.74) is 1.69. The van der Waals surface area contributed by atoms with Gasteiger partial charge in [0.15, 0.2) is 10.6 Å². The van der Waals surface area contributed by atoms with Crippen LogP contribution in [-0.4, -0.2) is 21.9 Å². The Bertz CT molecular complexity index is 871. The van der Waals surface area contributed by atoms with Crippen molar-refractivity contribution >= 4 is 35.4 Å². The first-order chi connectivity index (χ1) is 10.6. The third-order valence-corrected chi connectivity index (χ3v) is 4.19. The van der Waals surface area contributed by atoms with Gasteiger partial charge < -0.3 is 4.74 Å². The average molecular weight is 352 g/mol. The molecule has 0 atom stereocenters. The highest BCUT2D eigenvalue weighted by molar-refractivity contribution is 7.71. The molecule has 0 aliphatic heterocycles. The lowest BCUT2D eigenvalue weighted by molar-refractivity contribution is 0.415. The van der Waals surface area contributed by atoms with Gasteiger partial charge in [-0.25, -0.2) is 0 Å². The number of aromatic nitrogens is 3. The fraction of sp³-hybridized carbons (Fsp3) is 0.0667. The van der Waals surface area contributed by atoms with Crippen LogP contribution >= 0.6 is 35.4 Å². The smallest absolute Gasteiger partial charge is 0.200 e. The first-order valence-corrected chi connectivity index (χ1v) is 7.54. The number of ether oxygens (including phenoxy) is 1. The van der Waals surface area contributed by atoms with Crippen LogP contribution in [0.15, 0.2) is 42.5 Å². The fourth-order valence-corrected chi connectivity index (χ4v) is 2.62. The van der Waals surface area contributed by atoms with Crippen LogP contribution in [0.3, 0.4) is 0 Å². The van der Waals surface area contributed by atoms with E-state index in [2.05, 4.69) is 10.2 Å². The largest absolute Gasteiger partial charge is 0.497 e. The van der Waals surface area contributed by atoms with E-state index in [1.165, 1.54) is 0 Å².